The summed E-state index contributed by atoms with van der Waals surface area (Å²) in [6.07, 6.45) is 6.35. The second-order valence-corrected chi connectivity index (χ2v) is 9.83. The SMILES string of the molecule is Cc1ccc(CC2CC(C)CC(Cc3ccc(C)cc3)C2Cc2ccccc2)cc1. The van der Waals surface area contributed by atoms with Crippen molar-refractivity contribution in [2.45, 2.75) is 52.9 Å². The first-order valence-corrected chi connectivity index (χ1v) is 11.7. The third-order valence-corrected chi connectivity index (χ3v) is 7.17. The zero-order chi connectivity index (χ0) is 20.9. The van der Waals surface area contributed by atoms with Crippen LogP contribution in [0.5, 0.6) is 0 Å². The highest BCUT2D eigenvalue weighted by Crippen LogP contribution is 2.43. The van der Waals surface area contributed by atoms with E-state index in [1.807, 2.05) is 0 Å². The van der Waals surface area contributed by atoms with E-state index in [1.54, 1.807) is 0 Å². The lowest BCUT2D eigenvalue weighted by Gasteiger charge is -2.42. The molecule has 0 saturated heterocycles. The van der Waals surface area contributed by atoms with Crippen molar-refractivity contribution in [3.05, 3.63) is 107 Å². The Labute approximate surface area is 183 Å². The maximum absolute atomic E-state index is 2.48. The molecule has 1 aliphatic rings. The Morgan fingerprint density at radius 1 is 0.567 bits per heavy atom. The molecule has 4 rings (SSSR count). The molecule has 0 spiro atoms. The highest BCUT2D eigenvalue weighted by atomic mass is 14.4. The van der Waals surface area contributed by atoms with Crippen molar-refractivity contribution in [3.8, 4) is 0 Å². The van der Waals surface area contributed by atoms with Gasteiger partial charge in [-0.2, -0.15) is 0 Å². The molecule has 0 bridgehead atoms. The number of hydrogen-bond acceptors (Lipinski definition) is 0. The fourth-order valence-corrected chi connectivity index (χ4v) is 5.61. The predicted molar refractivity (Wildman–Crippen MR) is 129 cm³/mol. The van der Waals surface area contributed by atoms with E-state index in [-0.39, 0.29) is 0 Å². The Balaban J connectivity index is 1.59. The van der Waals surface area contributed by atoms with Gasteiger partial charge in [0.05, 0.1) is 0 Å². The number of benzene rings is 3. The van der Waals surface area contributed by atoms with Gasteiger partial charge >= 0.3 is 0 Å². The zero-order valence-corrected chi connectivity index (χ0v) is 18.9. The standard InChI is InChI=1S/C30H36/c1-22-9-13-26(14-10-22)19-28-17-24(3)18-29(20-27-15-11-23(2)12-16-27)30(28)21-25-7-5-4-6-8-25/h4-16,24,28-30H,17-21H2,1-3H3. The molecule has 0 amide bonds. The summed E-state index contributed by atoms with van der Waals surface area (Å²) >= 11 is 0. The van der Waals surface area contributed by atoms with Crippen LogP contribution >= 0.6 is 0 Å². The lowest BCUT2D eigenvalue weighted by molar-refractivity contribution is 0.110. The smallest absolute Gasteiger partial charge is 0.0245 e. The molecule has 156 valence electrons. The van der Waals surface area contributed by atoms with Gasteiger partial charge in [-0.05, 0) is 86.3 Å². The van der Waals surface area contributed by atoms with Crippen LogP contribution in [-0.4, -0.2) is 0 Å². The second-order valence-electron chi connectivity index (χ2n) is 9.83. The predicted octanol–water partition coefficient (Wildman–Crippen LogP) is 7.61. The largest absolute Gasteiger partial charge is 0.0625 e. The minimum absolute atomic E-state index is 0.742. The van der Waals surface area contributed by atoms with Gasteiger partial charge in [0.25, 0.3) is 0 Å². The maximum Gasteiger partial charge on any atom is -0.0245 e. The number of rotatable bonds is 6. The molecule has 0 nitrogen and oxygen atoms in total. The Morgan fingerprint density at radius 2 is 1.00 bits per heavy atom. The molecular weight excluding hydrogens is 360 g/mol. The second kappa shape index (κ2) is 9.65. The summed E-state index contributed by atoms with van der Waals surface area (Å²) in [5, 5.41) is 0. The summed E-state index contributed by atoms with van der Waals surface area (Å²) in [5.74, 6) is 3.06. The molecule has 30 heavy (non-hydrogen) atoms. The van der Waals surface area contributed by atoms with Crippen molar-refractivity contribution >= 4 is 0 Å². The van der Waals surface area contributed by atoms with Gasteiger partial charge in [0.1, 0.15) is 0 Å². The highest BCUT2D eigenvalue weighted by Gasteiger charge is 2.36. The molecule has 2 atom stereocenters. The van der Waals surface area contributed by atoms with Gasteiger partial charge in [-0.1, -0.05) is 96.9 Å². The van der Waals surface area contributed by atoms with Crippen LogP contribution in [0, 0.1) is 37.5 Å². The molecule has 0 radical (unpaired) electrons. The molecule has 0 N–H and O–H groups in total. The van der Waals surface area contributed by atoms with Crippen LogP contribution in [-0.2, 0) is 19.3 Å². The third-order valence-electron chi connectivity index (χ3n) is 7.17. The summed E-state index contributed by atoms with van der Waals surface area (Å²) in [5.41, 5.74) is 7.22. The van der Waals surface area contributed by atoms with E-state index in [4.69, 9.17) is 0 Å². The van der Waals surface area contributed by atoms with Crippen LogP contribution in [0.2, 0.25) is 0 Å². The maximum atomic E-state index is 2.48. The first-order chi connectivity index (χ1) is 14.6. The fraction of sp³-hybridized carbons (Fsp3) is 0.400. The van der Waals surface area contributed by atoms with Crippen molar-refractivity contribution in [2.24, 2.45) is 23.7 Å². The molecule has 1 aliphatic carbocycles. The summed E-state index contributed by atoms with van der Waals surface area (Å²) in [6.45, 7) is 6.84. The van der Waals surface area contributed by atoms with E-state index < -0.39 is 0 Å². The number of aryl methyl sites for hydroxylation is 2. The molecule has 3 aromatic rings. The van der Waals surface area contributed by atoms with Gasteiger partial charge < -0.3 is 0 Å². The molecule has 1 saturated carbocycles. The highest BCUT2D eigenvalue weighted by molar-refractivity contribution is 5.24. The minimum atomic E-state index is 0.742. The molecule has 0 heteroatoms. The summed E-state index contributed by atoms with van der Waals surface area (Å²) in [6, 6.07) is 29.7. The minimum Gasteiger partial charge on any atom is -0.0625 e. The van der Waals surface area contributed by atoms with E-state index in [9.17, 15) is 0 Å². The Morgan fingerprint density at radius 3 is 1.47 bits per heavy atom. The normalized spacial score (nSPS) is 24.0. The lowest BCUT2D eigenvalue weighted by atomic mass is 9.63. The van der Waals surface area contributed by atoms with Crippen molar-refractivity contribution in [1.29, 1.82) is 0 Å². The Hall–Kier alpha value is -2.34. The van der Waals surface area contributed by atoms with Gasteiger partial charge in [0.15, 0.2) is 0 Å². The Kier molecular flexibility index (Phi) is 6.72. The molecule has 3 aromatic carbocycles. The molecule has 0 aromatic heterocycles. The van der Waals surface area contributed by atoms with E-state index in [1.165, 1.54) is 59.9 Å². The van der Waals surface area contributed by atoms with Gasteiger partial charge in [0, 0.05) is 0 Å². The van der Waals surface area contributed by atoms with Crippen LogP contribution in [0.3, 0.4) is 0 Å². The van der Waals surface area contributed by atoms with E-state index >= 15 is 0 Å². The van der Waals surface area contributed by atoms with Crippen LogP contribution < -0.4 is 0 Å². The average molecular weight is 397 g/mol. The van der Waals surface area contributed by atoms with Gasteiger partial charge in [-0.3, -0.25) is 0 Å². The van der Waals surface area contributed by atoms with E-state index in [0.29, 0.717) is 0 Å². The van der Waals surface area contributed by atoms with Crippen molar-refractivity contribution < 1.29 is 0 Å². The van der Waals surface area contributed by atoms with Crippen molar-refractivity contribution in [3.63, 3.8) is 0 Å². The van der Waals surface area contributed by atoms with Gasteiger partial charge in [-0.25, -0.2) is 0 Å². The summed E-state index contributed by atoms with van der Waals surface area (Å²) < 4.78 is 0. The lowest BCUT2D eigenvalue weighted by Crippen LogP contribution is -2.36. The molecule has 2 unspecified atom stereocenters. The summed E-state index contributed by atoms with van der Waals surface area (Å²) in [4.78, 5) is 0. The average Bonchev–Trinajstić information content (AvgIpc) is 2.74. The first-order valence-electron chi connectivity index (χ1n) is 11.7. The molecule has 0 aliphatic heterocycles. The number of hydrogen-bond donors (Lipinski definition) is 0. The molecule has 0 heterocycles. The fourth-order valence-electron chi connectivity index (χ4n) is 5.61. The van der Waals surface area contributed by atoms with Gasteiger partial charge in [0.2, 0.25) is 0 Å². The van der Waals surface area contributed by atoms with E-state index in [2.05, 4.69) is 99.6 Å². The zero-order valence-electron chi connectivity index (χ0n) is 18.9. The van der Waals surface area contributed by atoms with Gasteiger partial charge in [-0.15, -0.1) is 0 Å². The quantitative estimate of drug-likeness (QED) is 0.402. The molecular formula is C30H36. The topological polar surface area (TPSA) is 0 Å². The first kappa shape index (κ1) is 20.9. The van der Waals surface area contributed by atoms with Crippen molar-refractivity contribution in [2.75, 3.05) is 0 Å². The van der Waals surface area contributed by atoms with Crippen LogP contribution in [0.15, 0.2) is 78.9 Å². The third kappa shape index (κ3) is 5.42. The van der Waals surface area contributed by atoms with Crippen molar-refractivity contribution in [1.82, 2.24) is 0 Å². The summed E-state index contributed by atoms with van der Waals surface area (Å²) in [7, 11) is 0. The molecule has 1 fully saturated rings. The monoisotopic (exact) mass is 396 g/mol. The van der Waals surface area contributed by atoms with E-state index in [0.717, 1.165) is 23.7 Å². The van der Waals surface area contributed by atoms with Crippen LogP contribution in [0.4, 0.5) is 0 Å². The Bertz CT molecular complexity index is 847. The van der Waals surface area contributed by atoms with Crippen LogP contribution in [0.1, 0.15) is 47.6 Å². The van der Waals surface area contributed by atoms with Crippen LogP contribution in [0.25, 0.3) is 0 Å².